The van der Waals surface area contributed by atoms with E-state index < -0.39 is 18.0 Å². The first kappa shape index (κ1) is 10.1. The number of aliphatic carboxylic acids is 1. The summed E-state index contributed by atoms with van der Waals surface area (Å²) in [5.74, 6) is -1.66. The lowest BCUT2D eigenvalue weighted by molar-refractivity contribution is -0.145. The van der Waals surface area contributed by atoms with Gasteiger partial charge >= 0.3 is 5.97 Å². The van der Waals surface area contributed by atoms with Gasteiger partial charge in [0.05, 0.1) is 12.0 Å². The van der Waals surface area contributed by atoms with Crippen molar-refractivity contribution in [1.29, 1.82) is 0 Å². The summed E-state index contributed by atoms with van der Waals surface area (Å²) in [4.78, 5) is 10.9. The normalized spacial score (nSPS) is 28.8. The van der Waals surface area contributed by atoms with Crippen LogP contribution in [0.15, 0.2) is 24.3 Å². The van der Waals surface area contributed by atoms with Gasteiger partial charge in [0.2, 0.25) is 0 Å². The monoisotopic (exact) mass is 210 g/mol. The second-order valence-corrected chi connectivity index (χ2v) is 3.93. The number of aliphatic hydroxyl groups is 1. The fourth-order valence-corrected chi connectivity index (χ4v) is 1.94. The Hall–Kier alpha value is -1.42. The molecular weight excluding hydrogens is 199 g/mol. The van der Waals surface area contributed by atoms with Gasteiger partial charge in [-0.2, -0.15) is 0 Å². The molecule has 1 aliphatic carbocycles. The van der Waals surface area contributed by atoms with Crippen LogP contribution in [-0.2, 0) is 4.79 Å². The van der Waals surface area contributed by atoms with Crippen LogP contribution >= 0.6 is 0 Å². The highest BCUT2D eigenvalue weighted by atomic mass is 19.1. The Balaban J connectivity index is 2.26. The van der Waals surface area contributed by atoms with Crippen LogP contribution in [-0.4, -0.2) is 22.8 Å². The summed E-state index contributed by atoms with van der Waals surface area (Å²) in [7, 11) is 0. The lowest BCUT2D eigenvalue weighted by Gasteiger charge is -2.08. The van der Waals surface area contributed by atoms with Crippen molar-refractivity contribution in [2.45, 2.75) is 12.3 Å². The van der Waals surface area contributed by atoms with Crippen LogP contribution in [0.4, 0.5) is 4.39 Å². The van der Waals surface area contributed by atoms with E-state index >= 15 is 0 Å². The van der Waals surface area contributed by atoms with Crippen LogP contribution < -0.4 is 0 Å². The smallest absolute Gasteiger partial charge is 0.312 e. The van der Waals surface area contributed by atoms with E-state index in [1.54, 1.807) is 12.1 Å². The third-order valence-electron chi connectivity index (χ3n) is 3.03. The second-order valence-electron chi connectivity index (χ2n) is 3.93. The van der Waals surface area contributed by atoms with Gasteiger partial charge in [-0.25, -0.2) is 4.39 Å². The van der Waals surface area contributed by atoms with Crippen molar-refractivity contribution < 1.29 is 19.4 Å². The van der Waals surface area contributed by atoms with Crippen molar-refractivity contribution in [2.24, 2.45) is 5.41 Å². The fraction of sp³-hybridized carbons (Fsp3) is 0.364. The second kappa shape index (κ2) is 3.31. The Labute approximate surface area is 86.2 Å². The first-order chi connectivity index (χ1) is 7.10. The van der Waals surface area contributed by atoms with Crippen molar-refractivity contribution in [3.8, 4) is 0 Å². The Morgan fingerprint density at radius 1 is 1.60 bits per heavy atom. The van der Waals surface area contributed by atoms with E-state index in [1.165, 1.54) is 12.1 Å². The molecule has 0 radical (unpaired) electrons. The number of rotatable bonds is 3. The molecule has 2 N–H and O–H groups in total. The van der Waals surface area contributed by atoms with Crippen LogP contribution in [0.1, 0.15) is 17.9 Å². The maximum Gasteiger partial charge on any atom is 0.312 e. The average Bonchev–Trinajstić information content (AvgIpc) is 2.93. The van der Waals surface area contributed by atoms with Gasteiger partial charge in [-0.3, -0.25) is 4.79 Å². The van der Waals surface area contributed by atoms with E-state index in [4.69, 9.17) is 10.2 Å². The minimum Gasteiger partial charge on any atom is -0.481 e. The lowest BCUT2D eigenvalue weighted by Crippen LogP contribution is -2.21. The van der Waals surface area contributed by atoms with Crippen LogP contribution in [0.5, 0.6) is 0 Å². The predicted octanol–water partition coefficient (Wildman–Crippen LogP) is 1.38. The highest BCUT2D eigenvalue weighted by molar-refractivity contribution is 5.80. The van der Waals surface area contributed by atoms with Crippen molar-refractivity contribution in [3.05, 3.63) is 35.6 Å². The molecule has 1 fully saturated rings. The minimum atomic E-state index is -1.09. The first-order valence-electron chi connectivity index (χ1n) is 4.70. The van der Waals surface area contributed by atoms with Crippen LogP contribution in [0.3, 0.4) is 0 Å². The number of hydrogen-bond donors (Lipinski definition) is 2. The molecule has 0 heterocycles. The summed E-state index contributed by atoms with van der Waals surface area (Å²) in [5.41, 5.74) is -0.445. The van der Waals surface area contributed by atoms with E-state index in [-0.39, 0.29) is 11.7 Å². The van der Waals surface area contributed by atoms with E-state index in [2.05, 4.69) is 0 Å². The quantitative estimate of drug-likeness (QED) is 0.792. The zero-order valence-electron chi connectivity index (χ0n) is 7.98. The summed E-state index contributed by atoms with van der Waals surface area (Å²) < 4.78 is 12.9. The van der Waals surface area contributed by atoms with Gasteiger partial charge in [-0.15, -0.1) is 0 Å². The predicted molar refractivity (Wildman–Crippen MR) is 50.9 cm³/mol. The summed E-state index contributed by atoms with van der Waals surface area (Å²) in [6.45, 7) is -0.399. The average molecular weight is 210 g/mol. The Morgan fingerprint density at radius 2 is 2.33 bits per heavy atom. The molecule has 3 nitrogen and oxygen atoms in total. The SMILES string of the molecule is O=C(O)C1(CO)CC1c1cccc(F)c1. The molecule has 15 heavy (non-hydrogen) atoms. The number of hydrogen-bond acceptors (Lipinski definition) is 2. The van der Waals surface area contributed by atoms with Gasteiger partial charge < -0.3 is 10.2 Å². The number of benzene rings is 1. The highest BCUT2D eigenvalue weighted by Gasteiger charge is 2.60. The van der Waals surface area contributed by atoms with Crippen LogP contribution in [0, 0.1) is 11.2 Å². The summed E-state index contributed by atoms with van der Waals surface area (Å²) in [6.07, 6.45) is 0.377. The largest absolute Gasteiger partial charge is 0.481 e. The molecule has 0 aliphatic heterocycles. The summed E-state index contributed by atoms with van der Waals surface area (Å²) in [6, 6.07) is 5.87. The van der Waals surface area contributed by atoms with E-state index in [0.717, 1.165) is 0 Å². The Morgan fingerprint density at radius 3 is 2.80 bits per heavy atom. The molecule has 4 heteroatoms. The molecule has 2 unspecified atom stereocenters. The van der Waals surface area contributed by atoms with Gasteiger partial charge in [0, 0.05) is 5.92 Å². The molecule has 0 spiro atoms. The van der Waals surface area contributed by atoms with Gasteiger partial charge in [0.15, 0.2) is 0 Å². The topological polar surface area (TPSA) is 57.5 Å². The lowest BCUT2D eigenvalue weighted by atomic mass is 10.0. The summed E-state index contributed by atoms with van der Waals surface area (Å²) >= 11 is 0. The third kappa shape index (κ3) is 1.51. The van der Waals surface area contributed by atoms with E-state index in [0.29, 0.717) is 12.0 Å². The van der Waals surface area contributed by atoms with Gasteiger partial charge in [0.25, 0.3) is 0 Å². The first-order valence-corrected chi connectivity index (χ1v) is 4.70. The molecule has 1 aromatic rings. The van der Waals surface area contributed by atoms with E-state index in [1.807, 2.05) is 0 Å². The Bertz CT molecular complexity index is 405. The molecular formula is C11H11FO3. The molecule has 0 aromatic heterocycles. The van der Waals surface area contributed by atoms with E-state index in [9.17, 15) is 9.18 Å². The van der Waals surface area contributed by atoms with Crippen molar-refractivity contribution in [1.82, 2.24) is 0 Å². The standard InChI is InChI=1S/C11H11FO3/c12-8-3-1-2-7(4-8)9-5-11(9,6-13)10(14)15/h1-4,9,13H,5-6H2,(H,14,15). The number of carbonyl (C=O) groups is 1. The van der Waals surface area contributed by atoms with Crippen molar-refractivity contribution >= 4 is 5.97 Å². The molecule has 2 rings (SSSR count). The molecule has 80 valence electrons. The zero-order chi connectivity index (χ0) is 11.1. The molecule has 0 bridgehead atoms. The molecule has 2 atom stereocenters. The highest BCUT2D eigenvalue weighted by Crippen LogP contribution is 2.59. The van der Waals surface area contributed by atoms with Gasteiger partial charge in [-0.05, 0) is 24.1 Å². The van der Waals surface area contributed by atoms with Crippen LogP contribution in [0.2, 0.25) is 0 Å². The molecule has 0 saturated heterocycles. The number of carboxylic acids is 1. The molecule has 1 aromatic carbocycles. The van der Waals surface area contributed by atoms with Crippen molar-refractivity contribution in [2.75, 3.05) is 6.61 Å². The maximum atomic E-state index is 12.9. The summed E-state index contributed by atoms with van der Waals surface area (Å²) in [5, 5.41) is 18.0. The molecule has 1 aliphatic rings. The van der Waals surface area contributed by atoms with Gasteiger partial charge in [-0.1, -0.05) is 12.1 Å². The fourth-order valence-electron chi connectivity index (χ4n) is 1.94. The number of carboxylic acid groups (broad SMARTS) is 1. The minimum absolute atomic E-state index is 0.268. The number of halogens is 1. The maximum absolute atomic E-state index is 12.9. The van der Waals surface area contributed by atoms with Gasteiger partial charge in [0.1, 0.15) is 5.82 Å². The molecule has 0 amide bonds. The molecule has 1 saturated carbocycles. The van der Waals surface area contributed by atoms with Crippen molar-refractivity contribution in [3.63, 3.8) is 0 Å². The zero-order valence-corrected chi connectivity index (χ0v) is 7.98. The third-order valence-corrected chi connectivity index (χ3v) is 3.03. The number of aliphatic hydroxyl groups excluding tert-OH is 1. The van der Waals surface area contributed by atoms with Crippen LogP contribution in [0.25, 0.3) is 0 Å². The Kier molecular flexibility index (Phi) is 2.23.